The number of carbonyl (C=O) groups is 2. The molecule has 2 aromatic rings. The van der Waals surface area contributed by atoms with Gasteiger partial charge in [0.05, 0.1) is 23.4 Å². The molecule has 3 rings (SSSR count). The minimum absolute atomic E-state index is 0.0227. The number of fused-ring (bicyclic) bond motifs is 1. The van der Waals surface area contributed by atoms with E-state index in [1.165, 1.54) is 6.20 Å². The van der Waals surface area contributed by atoms with Crippen LogP contribution in [0.5, 0.6) is 0 Å². The SMILES string of the molecule is O=C1c2ccccc2C(=O)N1c1ccnc(C#CCCO)c1. The zero-order valence-electron chi connectivity index (χ0n) is 11.6. The molecule has 0 fully saturated rings. The molecule has 0 saturated heterocycles. The topological polar surface area (TPSA) is 70.5 Å². The molecule has 5 nitrogen and oxygen atoms in total. The Hall–Kier alpha value is -2.97. The van der Waals surface area contributed by atoms with Crippen LogP contribution in [0.4, 0.5) is 5.69 Å². The summed E-state index contributed by atoms with van der Waals surface area (Å²) in [5, 5.41) is 8.72. The molecule has 0 bridgehead atoms. The maximum absolute atomic E-state index is 12.4. The molecule has 0 saturated carbocycles. The third kappa shape index (κ3) is 2.36. The van der Waals surface area contributed by atoms with Gasteiger partial charge in [-0.05, 0) is 30.2 Å². The van der Waals surface area contributed by atoms with Crippen LogP contribution in [-0.4, -0.2) is 28.5 Å². The number of aromatic nitrogens is 1. The van der Waals surface area contributed by atoms with Gasteiger partial charge in [0, 0.05) is 12.6 Å². The summed E-state index contributed by atoms with van der Waals surface area (Å²) in [7, 11) is 0. The maximum Gasteiger partial charge on any atom is 0.266 e. The molecule has 1 aromatic carbocycles. The third-order valence-electron chi connectivity index (χ3n) is 3.25. The van der Waals surface area contributed by atoms with Gasteiger partial charge in [-0.2, -0.15) is 0 Å². The van der Waals surface area contributed by atoms with E-state index < -0.39 is 0 Å². The molecule has 0 atom stereocenters. The van der Waals surface area contributed by atoms with Crippen molar-refractivity contribution in [3.8, 4) is 11.8 Å². The van der Waals surface area contributed by atoms with Crippen molar-refractivity contribution in [2.45, 2.75) is 6.42 Å². The number of imide groups is 1. The number of nitrogens with zero attached hydrogens (tertiary/aromatic N) is 2. The summed E-state index contributed by atoms with van der Waals surface area (Å²) in [6, 6.07) is 9.92. The molecule has 5 heteroatoms. The van der Waals surface area contributed by atoms with Gasteiger partial charge in [-0.1, -0.05) is 18.1 Å². The zero-order chi connectivity index (χ0) is 15.5. The molecule has 1 aromatic heterocycles. The van der Waals surface area contributed by atoms with Crippen LogP contribution in [0.1, 0.15) is 32.8 Å². The Balaban J connectivity index is 1.97. The van der Waals surface area contributed by atoms with Gasteiger partial charge in [0.25, 0.3) is 11.8 Å². The van der Waals surface area contributed by atoms with Crippen LogP contribution >= 0.6 is 0 Å². The molecule has 0 aliphatic carbocycles. The van der Waals surface area contributed by atoms with Crippen molar-refractivity contribution >= 4 is 17.5 Å². The van der Waals surface area contributed by atoms with Crippen molar-refractivity contribution in [1.29, 1.82) is 0 Å². The molecule has 108 valence electrons. The average molecular weight is 292 g/mol. The highest BCUT2D eigenvalue weighted by Gasteiger charge is 2.36. The van der Waals surface area contributed by atoms with Crippen molar-refractivity contribution in [3.63, 3.8) is 0 Å². The summed E-state index contributed by atoms with van der Waals surface area (Å²) >= 11 is 0. The van der Waals surface area contributed by atoms with Crippen LogP contribution in [-0.2, 0) is 0 Å². The average Bonchev–Trinajstić information content (AvgIpc) is 2.80. The maximum atomic E-state index is 12.4. The van der Waals surface area contributed by atoms with Crippen molar-refractivity contribution in [1.82, 2.24) is 4.98 Å². The largest absolute Gasteiger partial charge is 0.395 e. The standard InChI is InChI=1S/C17H12N2O3/c20-10-4-3-5-12-11-13(8-9-18-12)19-16(21)14-6-1-2-7-15(14)17(19)22/h1-2,6-9,11,20H,4,10H2. The Morgan fingerprint density at radius 3 is 2.41 bits per heavy atom. The number of aliphatic hydroxyl groups excluding tert-OH is 1. The highest BCUT2D eigenvalue weighted by molar-refractivity contribution is 6.34. The van der Waals surface area contributed by atoms with Crippen molar-refractivity contribution in [3.05, 3.63) is 59.4 Å². The van der Waals surface area contributed by atoms with E-state index in [0.29, 0.717) is 28.9 Å². The Bertz CT molecular complexity index is 783. The Morgan fingerprint density at radius 1 is 1.09 bits per heavy atom. The van der Waals surface area contributed by atoms with Crippen LogP contribution in [0, 0.1) is 11.8 Å². The fourth-order valence-corrected chi connectivity index (χ4v) is 2.26. The molecule has 1 aliphatic rings. The molecule has 22 heavy (non-hydrogen) atoms. The predicted molar refractivity (Wildman–Crippen MR) is 80.4 cm³/mol. The third-order valence-corrected chi connectivity index (χ3v) is 3.25. The van der Waals surface area contributed by atoms with Gasteiger partial charge in [-0.25, -0.2) is 9.88 Å². The van der Waals surface area contributed by atoms with E-state index in [1.54, 1.807) is 36.4 Å². The molecular formula is C17H12N2O3. The first-order valence-corrected chi connectivity index (χ1v) is 6.76. The minimum atomic E-state index is -0.346. The number of amides is 2. The normalized spacial score (nSPS) is 12.9. The van der Waals surface area contributed by atoms with Crippen molar-refractivity contribution in [2.24, 2.45) is 0 Å². The van der Waals surface area contributed by atoms with Gasteiger partial charge in [-0.3, -0.25) is 9.59 Å². The molecule has 1 aliphatic heterocycles. The zero-order valence-corrected chi connectivity index (χ0v) is 11.6. The fourth-order valence-electron chi connectivity index (χ4n) is 2.26. The van der Waals surface area contributed by atoms with Crippen LogP contribution in [0.15, 0.2) is 42.6 Å². The number of hydrogen-bond donors (Lipinski definition) is 1. The molecule has 0 unspecified atom stereocenters. The Morgan fingerprint density at radius 2 is 1.77 bits per heavy atom. The van der Waals surface area contributed by atoms with Gasteiger partial charge < -0.3 is 5.11 Å². The summed E-state index contributed by atoms with van der Waals surface area (Å²) in [5.41, 5.74) is 1.69. The van der Waals surface area contributed by atoms with E-state index in [9.17, 15) is 9.59 Å². The van der Waals surface area contributed by atoms with E-state index in [4.69, 9.17) is 5.11 Å². The van der Waals surface area contributed by atoms with Crippen molar-refractivity contribution < 1.29 is 14.7 Å². The second kappa shape index (κ2) is 5.80. The lowest BCUT2D eigenvalue weighted by Crippen LogP contribution is -2.29. The minimum Gasteiger partial charge on any atom is -0.395 e. The van der Waals surface area contributed by atoms with Crippen molar-refractivity contribution in [2.75, 3.05) is 11.5 Å². The highest BCUT2D eigenvalue weighted by atomic mass is 16.2. The fraction of sp³-hybridized carbons (Fsp3) is 0.118. The summed E-state index contributed by atoms with van der Waals surface area (Å²) in [5.74, 6) is 4.86. The second-order valence-corrected chi connectivity index (χ2v) is 4.67. The molecule has 2 amide bonds. The first kappa shape index (κ1) is 14.0. The monoisotopic (exact) mass is 292 g/mol. The van der Waals surface area contributed by atoms with Crippen LogP contribution in [0.3, 0.4) is 0 Å². The molecule has 1 N–H and O–H groups in total. The van der Waals surface area contributed by atoms with E-state index in [-0.39, 0.29) is 18.4 Å². The number of pyridine rings is 1. The van der Waals surface area contributed by atoms with Gasteiger partial charge in [0.1, 0.15) is 5.69 Å². The predicted octanol–water partition coefficient (Wildman–Crippen LogP) is 1.62. The number of anilines is 1. The smallest absolute Gasteiger partial charge is 0.266 e. The van der Waals surface area contributed by atoms with Gasteiger partial charge in [-0.15, -0.1) is 0 Å². The van der Waals surface area contributed by atoms with E-state index >= 15 is 0 Å². The van der Waals surface area contributed by atoms with E-state index in [0.717, 1.165) is 4.90 Å². The molecular weight excluding hydrogens is 280 g/mol. The number of hydrogen-bond acceptors (Lipinski definition) is 4. The van der Waals surface area contributed by atoms with E-state index in [2.05, 4.69) is 16.8 Å². The number of carbonyl (C=O) groups excluding carboxylic acids is 2. The van der Waals surface area contributed by atoms with Crippen LogP contribution < -0.4 is 4.90 Å². The quantitative estimate of drug-likeness (QED) is 0.674. The molecule has 0 radical (unpaired) electrons. The lowest BCUT2D eigenvalue weighted by atomic mass is 10.1. The number of rotatable bonds is 2. The first-order chi connectivity index (χ1) is 10.7. The van der Waals surface area contributed by atoms with Gasteiger partial charge in [0.15, 0.2) is 0 Å². The summed E-state index contributed by atoms with van der Waals surface area (Å²) in [6.45, 7) is -0.0227. The second-order valence-electron chi connectivity index (χ2n) is 4.67. The Labute approximate surface area is 127 Å². The van der Waals surface area contributed by atoms with Crippen LogP contribution in [0.25, 0.3) is 0 Å². The summed E-state index contributed by atoms with van der Waals surface area (Å²) in [6.07, 6.45) is 1.85. The lowest BCUT2D eigenvalue weighted by molar-refractivity contribution is 0.0926. The lowest BCUT2D eigenvalue weighted by Gasteiger charge is -2.13. The highest BCUT2D eigenvalue weighted by Crippen LogP contribution is 2.28. The Kier molecular flexibility index (Phi) is 3.69. The first-order valence-electron chi connectivity index (χ1n) is 6.76. The molecule has 2 heterocycles. The molecule has 0 spiro atoms. The van der Waals surface area contributed by atoms with Gasteiger partial charge in [0.2, 0.25) is 0 Å². The van der Waals surface area contributed by atoms with Crippen LogP contribution in [0.2, 0.25) is 0 Å². The number of benzene rings is 1. The summed E-state index contributed by atoms with van der Waals surface area (Å²) in [4.78, 5) is 30.0. The van der Waals surface area contributed by atoms with Gasteiger partial charge >= 0.3 is 0 Å². The summed E-state index contributed by atoms with van der Waals surface area (Å²) < 4.78 is 0. The number of aliphatic hydroxyl groups is 1. The van der Waals surface area contributed by atoms with E-state index in [1.807, 2.05) is 0 Å².